The fraction of sp³-hybridized carbons (Fsp3) is 0.533. The first-order valence-electron chi connectivity index (χ1n) is 6.77. The number of para-hydroxylation sites is 1. The van der Waals surface area contributed by atoms with E-state index in [1.165, 1.54) is 6.07 Å². The molecule has 1 aromatic carbocycles. The molecule has 118 valence electrons. The van der Waals surface area contributed by atoms with Crippen molar-refractivity contribution in [1.29, 1.82) is 0 Å². The van der Waals surface area contributed by atoms with Gasteiger partial charge in [0.25, 0.3) is 0 Å². The van der Waals surface area contributed by atoms with E-state index in [1.807, 2.05) is 20.8 Å². The Morgan fingerprint density at radius 1 is 1.33 bits per heavy atom. The van der Waals surface area contributed by atoms with E-state index >= 15 is 0 Å². The van der Waals surface area contributed by atoms with Crippen LogP contribution in [0.2, 0.25) is 0 Å². The van der Waals surface area contributed by atoms with E-state index in [9.17, 15) is 13.6 Å². The highest BCUT2D eigenvalue weighted by molar-refractivity contribution is 5.80. The van der Waals surface area contributed by atoms with Crippen LogP contribution in [0.25, 0.3) is 0 Å². The van der Waals surface area contributed by atoms with Gasteiger partial charge in [0, 0.05) is 12.1 Å². The number of ether oxygens (including phenoxy) is 1. The van der Waals surface area contributed by atoms with Crippen LogP contribution in [0.3, 0.4) is 0 Å². The molecule has 6 heteroatoms. The van der Waals surface area contributed by atoms with E-state index < -0.39 is 12.5 Å². The highest BCUT2D eigenvalue weighted by atomic mass is 19.3. The Kier molecular flexibility index (Phi) is 6.08. The molecule has 0 heterocycles. The van der Waals surface area contributed by atoms with Gasteiger partial charge in [0.2, 0.25) is 5.91 Å². The molecule has 3 N–H and O–H groups in total. The van der Waals surface area contributed by atoms with Crippen LogP contribution in [-0.4, -0.2) is 24.6 Å². The van der Waals surface area contributed by atoms with Crippen molar-refractivity contribution in [2.45, 2.75) is 39.3 Å². The van der Waals surface area contributed by atoms with E-state index in [1.54, 1.807) is 18.2 Å². The standard InChI is InChI=1S/C15H22F2N2O2/c1-15(2,3)19-13(20)11(9-18)8-10-6-4-5-7-12(10)21-14(16)17/h4-7,11,14H,8-9,18H2,1-3H3,(H,19,20). The lowest BCUT2D eigenvalue weighted by atomic mass is 9.96. The second kappa shape index (κ2) is 7.36. The molecule has 4 nitrogen and oxygen atoms in total. The van der Waals surface area contributed by atoms with Gasteiger partial charge in [0.05, 0.1) is 5.92 Å². The Labute approximate surface area is 123 Å². The maximum absolute atomic E-state index is 12.4. The fourth-order valence-electron chi connectivity index (χ4n) is 1.90. The molecule has 0 aromatic heterocycles. The van der Waals surface area contributed by atoms with Gasteiger partial charge >= 0.3 is 6.61 Å². The van der Waals surface area contributed by atoms with E-state index in [0.717, 1.165) is 0 Å². The lowest BCUT2D eigenvalue weighted by Crippen LogP contribution is -2.46. The first kappa shape index (κ1) is 17.4. The summed E-state index contributed by atoms with van der Waals surface area (Å²) in [6.45, 7) is 2.83. The zero-order valence-corrected chi connectivity index (χ0v) is 12.5. The van der Waals surface area contributed by atoms with Crippen LogP contribution < -0.4 is 15.8 Å². The number of carbonyl (C=O) groups excluding carboxylic acids is 1. The Bertz CT molecular complexity index is 473. The molecule has 0 spiro atoms. The Hall–Kier alpha value is -1.69. The smallest absolute Gasteiger partial charge is 0.387 e. The van der Waals surface area contributed by atoms with Gasteiger partial charge < -0.3 is 15.8 Å². The predicted octanol–water partition coefficient (Wildman–Crippen LogP) is 2.32. The van der Waals surface area contributed by atoms with Crippen molar-refractivity contribution >= 4 is 5.91 Å². The van der Waals surface area contributed by atoms with Crippen LogP contribution >= 0.6 is 0 Å². The normalized spacial score (nSPS) is 13.1. The van der Waals surface area contributed by atoms with Gasteiger partial charge in [-0.25, -0.2) is 0 Å². The minimum absolute atomic E-state index is 0.0782. The van der Waals surface area contributed by atoms with Crippen molar-refractivity contribution in [3.63, 3.8) is 0 Å². The van der Waals surface area contributed by atoms with Crippen molar-refractivity contribution in [3.8, 4) is 5.75 Å². The maximum atomic E-state index is 12.4. The van der Waals surface area contributed by atoms with E-state index in [0.29, 0.717) is 5.56 Å². The molecule has 0 aliphatic heterocycles. The summed E-state index contributed by atoms with van der Waals surface area (Å²) in [6, 6.07) is 6.43. The Balaban J connectivity index is 2.84. The molecular formula is C15H22F2N2O2. The molecule has 0 aliphatic carbocycles. The van der Waals surface area contributed by atoms with E-state index in [2.05, 4.69) is 10.1 Å². The lowest BCUT2D eigenvalue weighted by molar-refractivity contribution is -0.126. The average Bonchev–Trinajstić information content (AvgIpc) is 2.34. The summed E-state index contributed by atoms with van der Waals surface area (Å²) in [6.07, 6.45) is 0.251. The number of rotatable bonds is 6. The summed E-state index contributed by atoms with van der Waals surface area (Å²) in [5, 5.41) is 2.84. The van der Waals surface area contributed by atoms with Crippen LogP contribution in [0.4, 0.5) is 8.78 Å². The van der Waals surface area contributed by atoms with Crippen LogP contribution in [0.1, 0.15) is 26.3 Å². The highest BCUT2D eigenvalue weighted by Gasteiger charge is 2.23. The molecule has 1 rings (SSSR count). The van der Waals surface area contributed by atoms with Crippen LogP contribution in [-0.2, 0) is 11.2 Å². The lowest BCUT2D eigenvalue weighted by Gasteiger charge is -2.24. The predicted molar refractivity (Wildman–Crippen MR) is 77.2 cm³/mol. The zero-order valence-electron chi connectivity index (χ0n) is 12.5. The molecule has 1 unspecified atom stereocenters. The van der Waals surface area contributed by atoms with Crippen molar-refractivity contribution in [2.24, 2.45) is 11.7 Å². The summed E-state index contributed by atoms with van der Waals surface area (Å²) in [7, 11) is 0. The summed E-state index contributed by atoms with van der Waals surface area (Å²) < 4.78 is 29.2. The summed E-state index contributed by atoms with van der Waals surface area (Å²) in [4.78, 5) is 12.1. The number of carbonyl (C=O) groups is 1. The van der Waals surface area contributed by atoms with Crippen LogP contribution in [0, 0.1) is 5.92 Å². The molecule has 0 fully saturated rings. The minimum atomic E-state index is -2.90. The molecule has 0 radical (unpaired) electrons. The molecule has 0 aliphatic rings. The molecule has 21 heavy (non-hydrogen) atoms. The van der Waals surface area contributed by atoms with Crippen molar-refractivity contribution in [3.05, 3.63) is 29.8 Å². The molecule has 0 bridgehead atoms. The van der Waals surface area contributed by atoms with Crippen LogP contribution in [0.15, 0.2) is 24.3 Å². The number of hydrogen-bond acceptors (Lipinski definition) is 3. The quantitative estimate of drug-likeness (QED) is 0.847. The highest BCUT2D eigenvalue weighted by Crippen LogP contribution is 2.23. The van der Waals surface area contributed by atoms with Gasteiger partial charge in [-0.2, -0.15) is 8.78 Å². The first-order chi connectivity index (χ1) is 9.73. The molecule has 0 saturated carbocycles. The number of amides is 1. The molecule has 1 atom stereocenters. The number of nitrogens with one attached hydrogen (secondary N) is 1. The van der Waals surface area contributed by atoms with Gasteiger partial charge in [-0.15, -0.1) is 0 Å². The molecule has 1 amide bonds. The van der Waals surface area contributed by atoms with Crippen molar-refractivity contribution < 1.29 is 18.3 Å². The van der Waals surface area contributed by atoms with Gasteiger partial charge in [0.15, 0.2) is 0 Å². The summed E-state index contributed by atoms with van der Waals surface area (Å²) in [5.74, 6) is -0.613. The zero-order chi connectivity index (χ0) is 16.0. The number of hydrogen-bond donors (Lipinski definition) is 2. The van der Waals surface area contributed by atoms with E-state index in [4.69, 9.17) is 5.73 Å². The summed E-state index contributed by atoms with van der Waals surface area (Å²) >= 11 is 0. The number of halogens is 2. The number of nitrogens with two attached hydrogens (primary N) is 1. The molecule has 0 saturated heterocycles. The van der Waals surface area contributed by atoms with Gasteiger partial charge in [-0.1, -0.05) is 18.2 Å². The SMILES string of the molecule is CC(C)(C)NC(=O)C(CN)Cc1ccccc1OC(F)F. The van der Waals surface area contributed by atoms with Gasteiger partial charge in [0.1, 0.15) is 5.75 Å². The third-order valence-corrected chi connectivity index (χ3v) is 2.81. The van der Waals surface area contributed by atoms with Gasteiger partial charge in [-0.05, 0) is 38.8 Å². The summed E-state index contributed by atoms with van der Waals surface area (Å²) in [5.41, 5.74) is 5.81. The molecule has 1 aromatic rings. The van der Waals surface area contributed by atoms with Crippen molar-refractivity contribution in [2.75, 3.05) is 6.54 Å². The maximum Gasteiger partial charge on any atom is 0.387 e. The number of benzene rings is 1. The Morgan fingerprint density at radius 3 is 2.48 bits per heavy atom. The van der Waals surface area contributed by atoms with Gasteiger partial charge in [-0.3, -0.25) is 4.79 Å². The largest absolute Gasteiger partial charge is 0.435 e. The fourth-order valence-corrected chi connectivity index (χ4v) is 1.90. The Morgan fingerprint density at radius 2 is 1.95 bits per heavy atom. The molecular weight excluding hydrogens is 278 g/mol. The third kappa shape index (κ3) is 6.08. The van der Waals surface area contributed by atoms with Crippen LogP contribution in [0.5, 0.6) is 5.75 Å². The average molecular weight is 300 g/mol. The minimum Gasteiger partial charge on any atom is -0.435 e. The van der Waals surface area contributed by atoms with Crippen molar-refractivity contribution in [1.82, 2.24) is 5.32 Å². The topological polar surface area (TPSA) is 64.4 Å². The third-order valence-electron chi connectivity index (χ3n) is 2.81. The van der Waals surface area contributed by atoms with E-state index in [-0.39, 0.29) is 30.2 Å². The first-order valence-corrected chi connectivity index (χ1v) is 6.77. The second-order valence-electron chi connectivity index (χ2n) is 5.86. The second-order valence-corrected chi connectivity index (χ2v) is 5.86. The number of alkyl halides is 2. The monoisotopic (exact) mass is 300 g/mol.